The molecule has 1 aliphatic rings. The van der Waals surface area contributed by atoms with E-state index >= 15 is 0 Å². The molecule has 1 rings (SSSR count). The fourth-order valence-corrected chi connectivity index (χ4v) is 1.83. The van der Waals surface area contributed by atoms with Gasteiger partial charge in [-0.1, -0.05) is 13.8 Å². The van der Waals surface area contributed by atoms with E-state index in [1.807, 2.05) is 0 Å². The van der Waals surface area contributed by atoms with Crippen LogP contribution in [0.5, 0.6) is 0 Å². The highest BCUT2D eigenvalue weighted by atomic mass is 16.5. The van der Waals surface area contributed by atoms with Crippen LogP contribution >= 0.6 is 0 Å². The highest BCUT2D eigenvalue weighted by molar-refractivity contribution is 4.73. The summed E-state index contributed by atoms with van der Waals surface area (Å²) in [7, 11) is 0. The van der Waals surface area contributed by atoms with Gasteiger partial charge >= 0.3 is 0 Å². The monoisotopic (exact) mass is 215 g/mol. The summed E-state index contributed by atoms with van der Waals surface area (Å²) in [4.78, 5) is 2.48. The predicted molar refractivity (Wildman–Crippen MR) is 63.3 cm³/mol. The van der Waals surface area contributed by atoms with Gasteiger partial charge in [0.1, 0.15) is 0 Å². The van der Waals surface area contributed by atoms with Gasteiger partial charge in [-0.15, -0.1) is 0 Å². The summed E-state index contributed by atoms with van der Waals surface area (Å²) in [5, 5.41) is 6.69. The Bertz CT molecular complexity index is 155. The van der Waals surface area contributed by atoms with Crippen LogP contribution in [-0.4, -0.2) is 63.4 Å². The molecule has 4 heteroatoms. The van der Waals surface area contributed by atoms with E-state index in [-0.39, 0.29) is 0 Å². The minimum Gasteiger partial charge on any atom is -0.374 e. The molecule has 0 aromatic rings. The van der Waals surface area contributed by atoms with Crippen LogP contribution in [-0.2, 0) is 4.74 Å². The lowest BCUT2D eigenvalue weighted by molar-refractivity contribution is -0.0262. The molecule has 1 fully saturated rings. The maximum atomic E-state index is 5.69. The lowest BCUT2D eigenvalue weighted by atomic mass is 10.2. The van der Waals surface area contributed by atoms with Gasteiger partial charge in [-0.05, 0) is 13.1 Å². The maximum absolute atomic E-state index is 5.69. The van der Waals surface area contributed by atoms with Crippen LogP contribution in [0.3, 0.4) is 0 Å². The molecule has 0 aliphatic carbocycles. The number of nitrogens with zero attached hydrogens (tertiary/aromatic N) is 1. The van der Waals surface area contributed by atoms with Gasteiger partial charge in [0.05, 0.1) is 12.7 Å². The molecule has 0 aromatic carbocycles. The van der Waals surface area contributed by atoms with Crippen LogP contribution in [0, 0.1) is 0 Å². The van der Waals surface area contributed by atoms with Crippen molar-refractivity contribution in [3.63, 3.8) is 0 Å². The van der Waals surface area contributed by atoms with Crippen molar-refractivity contribution in [1.82, 2.24) is 15.5 Å². The van der Waals surface area contributed by atoms with E-state index in [1.165, 1.54) is 0 Å². The van der Waals surface area contributed by atoms with Crippen molar-refractivity contribution < 1.29 is 4.74 Å². The zero-order chi connectivity index (χ0) is 10.9. The summed E-state index contributed by atoms with van der Waals surface area (Å²) in [6, 6.07) is 0. The zero-order valence-electron chi connectivity index (χ0n) is 10.1. The highest BCUT2D eigenvalue weighted by Gasteiger charge is 2.19. The summed E-state index contributed by atoms with van der Waals surface area (Å²) in [5.41, 5.74) is 0. The summed E-state index contributed by atoms with van der Waals surface area (Å²) >= 11 is 0. The molecule has 1 unspecified atom stereocenters. The minimum atomic E-state index is 0.375. The van der Waals surface area contributed by atoms with Crippen molar-refractivity contribution in [2.24, 2.45) is 0 Å². The minimum absolute atomic E-state index is 0.375. The molecule has 0 spiro atoms. The molecule has 0 bridgehead atoms. The number of nitrogens with one attached hydrogen (secondary N) is 2. The lowest BCUT2D eigenvalue weighted by Crippen LogP contribution is -2.48. The van der Waals surface area contributed by atoms with Crippen LogP contribution in [0.1, 0.15) is 13.8 Å². The molecule has 0 amide bonds. The summed E-state index contributed by atoms with van der Waals surface area (Å²) in [6.07, 6.45) is 0.375. The van der Waals surface area contributed by atoms with Gasteiger partial charge in [0.15, 0.2) is 0 Å². The average molecular weight is 215 g/mol. The fourth-order valence-electron chi connectivity index (χ4n) is 1.83. The number of rotatable bonds is 7. The van der Waals surface area contributed by atoms with Crippen molar-refractivity contribution in [3.8, 4) is 0 Å². The Morgan fingerprint density at radius 1 is 1.27 bits per heavy atom. The summed E-state index contributed by atoms with van der Waals surface area (Å²) in [6.45, 7) is 12.6. The van der Waals surface area contributed by atoms with Gasteiger partial charge in [0.2, 0.25) is 0 Å². The standard InChI is InChI=1S/C11H25N3O/c1-3-12-5-6-14-7-8-15-11(10-14)9-13-4-2/h11-13H,3-10H2,1-2H3. The Morgan fingerprint density at radius 2 is 2.07 bits per heavy atom. The molecule has 90 valence electrons. The predicted octanol–water partition coefficient (Wildman–Crippen LogP) is -0.0938. The van der Waals surface area contributed by atoms with E-state index in [9.17, 15) is 0 Å². The van der Waals surface area contributed by atoms with Crippen molar-refractivity contribution in [2.75, 3.05) is 52.4 Å². The third-order valence-corrected chi connectivity index (χ3v) is 2.70. The van der Waals surface area contributed by atoms with Crippen molar-refractivity contribution in [2.45, 2.75) is 20.0 Å². The third kappa shape index (κ3) is 5.47. The number of hydrogen-bond acceptors (Lipinski definition) is 4. The Labute approximate surface area is 93.4 Å². The number of hydrogen-bond donors (Lipinski definition) is 2. The first-order valence-corrected chi connectivity index (χ1v) is 6.12. The van der Waals surface area contributed by atoms with Crippen molar-refractivity contribution in [1.29, 1.82) is 0 Å². The van der Waals surface area contributed by atoms with E-state index < -0.39 is 0 Å². The molecule has 15 heavy (non-hydrogen) atoms. The average Bonchev–Trinajstić information content (AvgIpc) is 2.27. The first kappa shape index (κ1) is 12.9. The molecule has 4 nitrogen and oxygen atoms in total. The van der Waals surface area contributed by atoms with Gasteiger partial charge in [-0.2, -0.15) is 0 Å². The number of likely N-dealkylation sites (N-methyl/N-ethyl adjacent to an activating group) is 2. The Hall–Kier alpha value is -0.160. The highest BCUT2D eigenvalue weighted by Crippen LogP contribution is 2.03. The van der Waals surface area contributed by atoms with Gasteiger partial charge in [0.25, 0.3) is 0 Å². The lowest BCUT2D eigenvalue weighted by Gasteiger charge is -2.33. The number of ether oxygens (including phenoxy) is 1. The Morgan fingerprint density at radius 3 is 2.80 bits per heavy atom. The molecule has 2 N–H and O–H groups in total. The molecule has 1 atom stereocenters. The second kappa shape index (κ2) is 8.05. The largest absolute Gasteiger partial charge is 0.374 e. The first-order valence-electron chi connectivity index (χ1n) is 6.12. The van der Waals surface area contributed by atoms with E-state index in [1.54, 1.807) is 0 Å². The summed E-state index contributed by atoms with van der Waals surface area (Å²) in [5.74, 6) is 0. The van der Waals surface area contributed by atoms with E-state index in [2.05, 4.69) is 29.4 Å². The van der Waals surface area contributed by atoms with E-state index in [4.69, 9.17) is 4.74 Å². The topological polar surface area (TPSA) is 36.5 Å². The van der Waals surface area contributed by atoms with Crippen molar-refractivity contribution >= 4 is 0 Å². The first-order chi connectivity index (χ1) is 7.36. The molecule has 0 saturated carbocycles. The van der Waals surface area contributed by atoms with E-state index in [0.29, 0.717) is 6.10 Å². The van der Waals surface area contributed by atoms with Gasteiger partial charge < -0.3 is 15.4 Å². The normalized spacial score (nSPS) is 23.2. The second-order valence-corrected chi connectivity index (χ2v) is 3.95. The molecule has 1 saturated heterocycles. The fraction of sp³-hybridized carbons (Fsp3) is 1.00. The molecule has 1 heterocycles. The molecule has 0 radical (unpaired) electrons. The second-order valence-electron chi connectivity index (χ2n) is 3.95. The molecular formula is C11H25N3O. The van der Waals surface area contributed by atoms with Gasteiger partial charge in [0, 0.05) is 32.7 Å². The van der Waals surface area contributed by atoms with Crippen LogP contribution in [0.2, 0.25) is 0 Å². The zero-order valence-corrected chi connectivity index (χ0v) is 10.1. The Balaban J connectivity index is 2.11. The quantitative estimate of drug-likeness (QED) is 0.582. The van der Waals surface area contributed by atoms with Crippen LogP contribution in [0.15, 0.2) is 0 Å². The van der Waals surface area contributed by atoms with Gasteiger partial charge in [-0.25, -0.2) is 0 Å². The summed E-state index contributed by atoms with van der Waals surface area (Å²) < 4.78 is 5.69. The van der Waals surface area contributed by atoms with Crippen LogP contribution in [0.4, 0.5) is 0 Å². The maximum Gasteiger partial charge on any atom is 0.0826 e. The molecular weight excluding hydrogens is 190 g/mol. The smallest absolute Gasteiger partial charge is 0.0826 e. The third-order valence-electron chi connectivity index (χ3n) is 2.70. The van der Waals surface area contributed by atoms with Crippen LogP contribution in [0.25, 0.3) is 0 Å². The Kier molecular flexibility index (Phi) is 6.92. The van der Waals surface area contributed by atoms with Crippen molar-refractivity contribution in [3.05, 3.63) is 0 Å². The number of morpholine rings is 1. The molecule has 1 aliphatic heterocycles. The molecule has 0 aromatic heterocycles. The van der Waals surface area contributed by atoms with Crippen LogP contribution < -0.4 is 10.6 Å². The SMILES string of the molecule is CCNCCN1CCOC(CNCC)C1. The van der Waals surface area contributed by atoms with Gasteiger partial charge in [-0.3, -0.25) is 4.90 Å². The van der Waals surface area contributed by atoms with E-state index in [0.717, 1.165) is 52.4 Å².